The van der Waals surface area contributed by atoms with Gasteiger partial charge in [-0.25, -0.2) is 0 Å². The van der Waals surface area contributed by atoms with Gasteiger partial charge in [-0.1, -0.05) is 80.4 Å². The van der Waals surface area contributed by atoms with Crippen LogP contribution in [0.5, 0.6) is 0 Å². The fraction of sp³-hybridized carbons (Fsp3) is 0.500. The van der Waals surface area contributed by atoms with Crippen molar-refractivity contribution < 1.29 is 9.16 Å². The molecule has 0 unspecified atom stereocenters. The summed E-state index contributed by atoms with van der Waals surface area (Å²) in [7, 11) is 0.157. The number of hydrogen-bond acceptors (Lipinski definition) is 2. The van der Waals surface area contributed by atoms with Crippen molar-refractivity contribution in [2.24, 2.45) is 5.41 Å². The van der Waals surface area contributed by atoms with Gasteiger partial charge in [0.15, 0.2) is 8.32 Å². The van der Waals surface area contributed by atoms with Crippen molar-refractivity contribution in [3.05, 3.63) is 71.8 Å². The predicted molar refractivity (Wildman–Crippen MR) is 118 cm³/mol. The molecule has 0 amide bonds. The lowest BCUT2D eigenvalue weighted by Gasteiger charge is -2.37. The van der Waals surface area contributed by atoms with Crippen LogP contribution in [0.3, 0.4) is 0 Å². The molecule has 0 aromatic heterocycles. The van der Waals surface area contributed by atoms with E-state index in [1.165, 1.54) is 30.0 Å². The Kier molecular flexibility index (Phi) is 8.74. The van der Waals surface area contributed by atoms with Gasteiger partial charge >= 0.3 is 0 Å². The van der Waals surface area contributed by atoms with E-state index in [4.69, 9.17) is 9.16 Å². The smallest absolute Gasteiger partial charge is 0.186 e. The van der Waals surface area contributed by atoms with Gasteiger partial charge in [0.2, 0.25) is 0 Å². The van der Waals surface area contributed by atoms with E-state index in [1.807, 2.05) is 7.11 Å². The van der Waals surface area contributed by atoms with Gasteiger partial charge < -0.3 is 9.16 Å². The van der Waals surface area contributed by atoms with E-state index in [0.29, 0.717) is 6.61 Å². The molecule has 0 aliphatic carbocycles. The van der Waals surface area contributed by atoms with E-state index < -0.39 is 8.32 Å². The zero-order valence-electron chi connectivity index (χ0n) is 17.5. The van der Waals surface area contributed by atoms with Gasteiger partial charge in [-0.15, -0.1) is 0 Å². The van der Waals surface area contributed by atoms with E-state index in [2.05, 4.69) is 80.7 Å². The lowest BCUT2D eigenvalue weighted by Crippen LogP contribution is -2.42. The molecule has 0 atom stereocenters. The maximum Gasteiger partial charge on any atom is 0.186 e. The molecule has 2 nitrogen and oxygen atoms in total. The number of unbranched alkanes of at least 4 members (excludes halogenated alkanes) is 1. The van der Waals surface area contributed by atoms with Crippen molar-refractivity contribution in [1.82, 2.24) is 0 Å². The third kappa shape index (κ3) is 7.61. The number of rotatable bonds is 12. The summed E-state index contributed by atoms with van der Waals surface area (Å²) >= 11 is 0. The lowest BCUT2D eigenvalue weighted by molar-refractivity contribution is 0.0351. The van der Waals surface area contributed by atoms with E-state index >= 15 is 0 Å². The van der Waals surface area contributed by atoms with Crippen LogP contribution in [-0.2, 0) is 22.0 Å². The summed E-state index contributed by atoms with van der Waals surface area (Å²) in [6, 6.07) is 22.7. The average molecular weight is 385 g/mol. The molecule has 2 aromatic carbocycles. The third-order valence-corrected chi connectivity index (χ3v) is 7.68. The molecule has 0 N–H and O–H groups in total. The van der Waals surface area contributed by atoms with Crippen LogP contribution in [0.2, 0.25) is 19.1 Å². The van der Waals surface area contributed by atoms with Gasteiger partial charge in [-0.05, 0) is 43.1 Å². The van der Waals surface area contributed by atoms with Crippen molar-refractivity contribution >= 4 is 8.32 Å². The first-order chi connectivity index (χ1) is 13.0. The SMILES string of the molecule is CCCC[Si](C)(C)OCC(COC)(Cc1ccccc1)Cc1ccccc1. The minimum absolute atomic E-state index is 0.0477. The Morgan fingerprint density at radius 2 is 1.33 bits per heavy atom. The lowest BCUT2D eigenvalue weighted by atomic mass is 9.78. The van der Waals surface area contributed by atoms with Gasteiger partial charge in [-0.2, -0.15) is 0 Å². The quantitative estimate of drug-likeness (QED) is 0.410. The van der Waals surface area contributed by atoms with Crippen molar-refractivity contribution in [2.75, 3.05) is 20.3 Å². The number of benzene rings is 2. The standard InChI is InChI=1S/C24H36O2Si/c1-5-6-17-27(3,4)26-21-24(20-25-2,18-22-13-9-7-10-14-22)19-23-15-11-8-12-16-23/h7-16H,5-6,17-21H2,1-4H3. The minimum atomic E-state index is -1.65. The van der Waals surface area contributed by atoms with Crippen LogP contribution in [0, 0.1) is 5.41 Å². The number of hydrogen-bond donors (Lipinski definition) is 0. The van der Waals surface area contributed by atoms with E-state index in [9.17, 15) is 0 Å². The van der Waals surface area contributed by atoms with Gasteiger partial charge in [0.25, 0.3) is 0 Å². The first-order valence-electron chi connectivity index (χ1n) is 10.2. The number of ether oxygens (including phenoxy) is 1. The molecule has 2 rings (SSSR count). The van der Waals surface area contributed by atoms with Crippen LogP contribution in [-0.4, -0.2) is 28.6 Å². The van der Waals surface area contributed by atoms with Gasteiger partial charge in [0.1, 0.15) is 0 Å². The van der Waals surface area contributed by atoms with Gasteiger partial charge in [-0.3, -0.25) is 0 Å². The Morgan fingerprint density at radius 1 is 0.815 bits per heavy atom. The van der Waals surface area contributed by atoms with Crippen LogP contribution >= 0.6 is 0 Å². The predicted octanol–water partition coefficient (Wildman–Crippen LogP) is 6.13. The second-order valence-electron chi connectivity index (χ2n) is 8.41. The summed E-state index contributed by atoms with van der Waals surface area (Å²) in [6.07, 6.45) is 4.43. The van der Waals surface area contributed by atoms with Gasteiger partial charge in [0, 0.05) is 19.1 Å². The zero-order valence-corrected chi connectivity index (χ0v) is 18.5. The highest BCUT2D eigenvalue weighted by Crippen LogP contribution is 2.31. The Bertz CT molecular complexity index is 598. The van der Waals surface area contributed by atoms with Crippen molar-refractivity contribution in [3.63, 3.8) is 0 Å². The van der Waals surface area contributed by atoms with Crippen molar-refractivity contribution in [3.8, 4) is 0 Å². The molecule has 0 bridgehead atoms. The maximum absolute atomic E-state index is 6.65. The molecule has 0 saturated carbocycles. The summed E-state index contributed by atoms with van der Waals surface area (Å²) in [5.41, 5.74) is 2.65. The molecular formula is C24H36O2Si. The molecule has 0 fully saturated rings. The first-order valence-corrected chi connectivity index (χ1v) is 13.3. The molecule has 0 aliphatic heterocycles. The normalized spacial score (nSPS) is 12.3. The van der Waals surface area contributed by atoms with Crippen molar-refractivity contribution in [1.29, 1.82) is 0 Å². The van der Waals surface area contributed by atoms with Crippen LogP contribution in [0.4, 0.5) is 0 Å². The fourth-order valence-corrected chi connectivity index (χ4v) is 5.74. The third-order valence-electron chi connectivity index (χ3n) is 5.20. The summed E-state index contributed by atoms with van der Waals surface area (Å²) < 4.78 is 12.4. The monoisotopic (exact) mass is 384 g/mol. The topological polar surface area (TPSA) is 18.5 Å². The molecule has 0 saturated heterocycles. The second-order valence-corrected chi connectivity index (χ2v) is 12.7. The molecule has 0 radical (unpaired) electrons. The molecule has 148 valence electrons. The molecule has 27 heavy (non-hydrogen) atoms. The van der Waals surface area contributed by atoms with E-state index in [-0.39, 0.29) is 5.41 Å². The summed E-state index contributed by atoms with van der Waals surface area (Å²) in [5, 5.41) is 0. The van der Waals surface area contributed by atoms with Gasteiger partial charge in [0.05, 0.1) is 6.61 Å². The first kappa shape index (κ1) is 21.9. The largest absolute Gasteiger partial charge is 0.417 e. The summed E-state index contributed by atoms with van der Waals surface area (Å²) in [4.78, 5) is 0. The molecule has 0 heterocycles. The molecule has 0 aliphatic rings. The van der Waals surface area contributed by atoms with Crippen LogP contribution in [0.25, 0.3) is 0 Å². The second kappa shape index (κ2) is 10.8. The zero-order chi connectivity index (χ0) is 19.6. The van der Waals surface area contributed by atoms with Crippen LogP contribution in [0.1, 0.15) is 30.9 Å². The van der Waals surface area contributed by atoms with Crippen molar-refractivity contribution in [2.45, 2.75) is 51.7 Å². The van der Waals surface area contributed by atoms with E-state index in [0.717, 1.165) is 19.4 Å². The number of methoxy groups -OCH3 is 1. The average Bonchev–Trinajstić information content (AvgIpc) is 2.67. The fourth-order valence-electron chi connectivity index (χ4n) is 3.70. The Hall–Kier alpha value is -1.42. The highest BCUT2D eigenvalue weighted by Gasteiger charge is 2.34. The minimum Gasteiger partial charge on any atom is -0.417 e. The maximum atomic E-state index is 6.65. The highest BCUT2D eigenvalue weighted by atomic mass is 28.4. The molecule has 3 heteroatoms. The Labute approximate surface area is 167 Å². The van der Waals surface area contributed by atoms with Crippen LogP contribution in [0.15, 0.2) is 60.7 Å². The summed E-state index contributed by atoms with van der Waals surface area (Å²) in [5.74, 6) is 0. The molecular weight excluding hydrogens is 348 g/mol. The summed E-state index contributed by atoms with van der Waals surface area (Å²) in [6.45, 7) is 8.42. The van der Waals surface area contributed by atoms with E-state index in [1.54, 1.807) is 0 Å². The molecule has 0 spiro atoms. The molecule has 2 aromatic rings. The Morgan fingerprint density at radius 3 is 1.78 bits per heavy atom. The van der Waals surface area contributed by atoms with Crippen LogP contribution < -0.4 is 0 Å². The Balaban J connectivity index is 2.23. The highest BCUT2D eigenvalue weighted by molar-refractivity contribution is 6.71.